The van der Waals surface area contributed by atoms with Crippen molar-refractivity contribution in [2.45, 2.75) is 19.4 Å². The lowest BCUT2D eigenvalue weighted by atomic mass is 10.1. The molecule has 0 saturated heterocycles. The number of likely N-dealkylation sites (N-methyl/N-ethyl adjacent to an activating group) is 1. The first kappa shape index (κ1) is 14.6. The summed E-state index contributed by atoms with van der Waals surface area (Å²) in [7, 11) is 0. The van der Waals surface area contributed by atoms with Gasteiger partial charge in [0.1, 0.15) is 18.0 Å². The number of hydrogen-bond acceptors (Lipinski definition) is 3. The third-order valence-electron chi connectivity index (χ3n) is 2.57. The number of nitrogens with zero attached hydrogens (tertiary/aromatic N) is 2. The third kappa shape index (κ3) is 3.78. The highest BCUT2D eigenvalue weighted by atomic mass is 35.5. The monoisotopic (exact) mass is 270 g/mol. The number of benzene rings is 1. The second-order valence-corrected chi connectivity index (χ2v) is 3.81. The summed E-state index contributed by atoms with van der Waals surface area (Å²) in [5.41, 5.74) is 1.06. The molecule has 98 valence electrons. The molecule has 1 heterocycles. The van der Waals surface area contributed by atoms with E-state index in [0.717, 1.165) is 24.4 Å². The number of aromatic nitrogens is 3. The highest BCUT2D eigenvalue weighted by Gasteiger charge is 2.13. The topological polar surface area (TPSA) is 53.6 Å². The van der Waals surface area contributed by atoms with Crippen LogP contribution < -0.4 is 5.32 Å². The Balaban J connectivity index is 0.00000162. The van der Waals surface area contributed by atoms with Crippen LogP contribution in [0.5, 0.6) is 0 Å². The summed E-state index contributed by atoms with van der Waals surface area (Å²) in [6.45, 7) is 2.88. The lowest BCUT2D eigenvalue weighted by Gasteiger charge is -2.15. The molecule has 0 bridgehead atoms. The summed E-state index contributed by atoms with van der Waals surface area (Å²) in [5, 5.41) is 10.0. The third-order valence-corrected chi connectivity index (χ3v) is 2.57. The summed E-state index contributed by atoms with van der Waals surface area (Å²) in [4.78, 5) is 4.15. The van der Waals surface area contributed by atoms with Crippen molar-refractivity contribution < 1.29 is 4.39 Å². The molecule has 6 heteroatoms. The minimum atomic E-state index is -0.214. The zero-order chi connectivity index (χ0) is 12.1. The fourth-order valence-corrected chi connectivity index (χ4v) is 1.75. The van der Waals surface area contributed by atoms with Crippen LogP contribution in [0.1, 0.15) is 24.4 Å². The van der Waals surface area contributed by atoms with Crippen LogP contribution in [0.2, 0.25) is 0 Å². The summed E-state index contributed by atoms with van der Waals surface area (Å²) < 4.78 is 12.8. The minimum Gasteiger partial charge on any atom is -0.307 e. The van der Waals surface area contributed by atoms with Gasteiger partial charge < -0.3 is 5.32 Å². The van der Waals surface area contributed by atoms with E-state index in [0.29, 0.717) is 0 Å². The number of nitrogens with one attached hydrogen (secondary N) is 2. The smallest absolute Gasteiger partial charge is 0.141 e. The Kier molecular flexibility index (Phi) is 5.74. The standard InChI is InChI=1S/C12H15FN4.ClH/c1-2-14-11(12-15-8-16-17-12)7-9-3-5-10(13)6-4-9;/h3-6,8,11,14H,2,7H2,1H3,(H,15,16,17);1H. The Morgan fingerprint density at radius 3 is 2.61 bits per heavy atom. The Bertz CT molecular complexity index is 444. The van der Waals surface area contributed by atoms with Crippen molar-refractivity contribution in [1.82, 2.24) is 20.5 Å². The van der Waals surface area contributed by atoms with E-state index in [4.69, 9.17) is 0 Å². The molecule has 0 aliphatic heterocycles. The van der Waals surface area contributed by atoms with Gasteiger partial charge in [-0.05, 0) is 30.7 Å². The maximum Gasteiger partial charge on any atom is 0.141 e. The Morgan fingerprint density at radius 2 is 2.06 bits per heavy atom. The maximum atomic E-state index is 12.8. The molecule has 1 unspecified atom stereocenters. The van der Waals surface area contributed by atoms with E-state index in [1.807, 2.05) is 6.92 Å². The molecule has 2 aromatic rings. The minimum absolute atomic E-state index is 0. The van der Waals surface area contributed by atoms with Crippen molar-refractivity contribution in [1.29, 1.82) is 0 Å². The highest BCUT2D eigenvalue weighted by Crippen LogP contribution is 2.14. The summed E-state index contributed by atoms with van der Waals surface area (Å²) >= 11 is 0. The van der Waals surface area contributed by atoms with Gasteiger partial charge in [0.2, 0.25) is 0 Å². The van der Waals surface area contributed by atoms with Gasteiger partial charge >= 0.3 is 0 Å². The largest absolute Gasteiger partial charge is 0.307 e. The molecule has 0 saturated carbocycles. The lowest BCUT2D eigenvalue weighted by molar-refractivity contribution is 0.522. The van der Waals surface area contributed by atoms with E-state index < -0.39 is 0 Å². The van der Waals surface area contributed by atoms with Gasteiger partial charge in [-0.1, -0.05) is 19.1 Å². The fourth-order valence-electron chi connectivity index (χ4n) is 1.75. The van der Waals surface area contributed by atoms with Gasteiger partial charge in [0, 0.05) is 0 Å². The fraction of sp³-hybridized carbons (Fsp3) is 0.333. The highest BCUT2D eigenvalue weighted by molar-refractivity contribution is 5.85. The second kappa shape index (κ2) is 7.08. The Hall–Kier alpha value is -1.46. The average molecular weight is 271 g/mol. The van der Waals surface area contributed by atoms with E-state index in [2.05, 4.69) is 20.5 Å². The normalized spacial score (nSPS) is 11.9. The zero-order valence-corrected chi connectivity index (χ0v) is 10.9. The second-order valence-electron chi connectivity index (χ2n) is 3.81. The van der Waals surface area contributed by atoms with Crippen LogP contribution in [0.4, 0.5) is 4.39 Å². The van der Waals surface area contributed by atoms with Crippen molar-refractivity contribution in [3.05, 3.63) is 47.8 Å². The number of H-pyrrole nitrogens is 1. The molecule has 0 spiro atoms. The summed E-state index contributed by atoms with van der Waals surface area (Å²) in [6, 6.07) is 6.59. The predicted molar refractivity (Wildman–Crippen MR) is 70.2 cm³/mol. The average Bonchev–Trinajstić information content (AvgIpc) is 2.85. The number of rotatable bonds is 5. The SMILES string of the molecule is CCNC(Cc1ccc(F)cc1)c1ncn[nH]1.Cl. The van der Waals surface area contributed by atoms with Crippen LogP contribution in [0.15, 0.2) is 30.6 Å². The number of aromatic amines is 1. The van der Waals surface area contributed by atoms with Crippen molar-refractivity contribution in [2.75, 3.05) is 6.54 Å². The van der Waals surface area contributed by atoms with Gasteiger partial charge in [-0.2, -0.15) is 5.10 Å². The van der Waals surface area contributed by atoms with Gasteiger partial charge in [-0.15, -0.1) is 12.4 Å². The molecule has 0 amide bonds. The summed E-state index contributed by atoms with van der Waals surface area (Å²) in [5.74, 6) is 0.588. The quantitative estimate of drug-likeness (QED) is 0.876. The van der Waals surface area contributed by atoms with Crippen LogP contribution >= 0.6 is 12.4 Å². The van der Waals surface area contributed by atoms with Crippen LogP contribution in [-0.2, 0) is 6.42 Å². The van der Waals surface area contributed by atoms with Gasteiger partial charge in [0.05, 0.1) is 6.04 Å². The number of hydrogen-bond donors (Lipinski definition) is 2. The van der Waals surface area contributed by atoms with E-state index in [1.54, 1.807) is 12.1 Å². The van der Waals surface area contributed by atoms with E-state index in [-0.39, 0.29) is 24.3 Å². The predicted octanol–water partition coefficient (Wildman–Crippen LogP) is 2.26. The molecular weight excluding hydrogens is 255 g/mol. The van der Waals surface area contributed by atoms with Crippen LogP contribution in [0, 0.1) is 5.82 Å². The van der Waals surface area contributed by atoms with E-state index >= 15 is 0 Å². The lowest BCUT2D eigenvalue weighted by Crippen LogP contribution is -2.24. The summed E-state index contributed by atoms with van der Waals surface area (Å²) in [6.07, 6.45) is 2.24. The van der Waals surface area contributed by atoms with Gasteiger partial charge in [-0.25, -0.2) is 9.37 Å². The first-order valence-corrected chi connectivity index (χ1v) is 5.62. The molecule has 0 aliphatic carbocycles. The van der Waals surface area contributed by atoms with E-state index in [9.17, 15) is 4.39 Å². The van der Waals surface area contributed by atoms with Crippen LogP contribution in [0.3, 0.4) is 0 Å². The first-order chi connectivity index (χ1) is 8.29. The zero-order valence-electron chi connectivity index (χ0n) is 10.1. The molecule has 2 N–H and O–H groups in total. The molecule has 0 radical (unpaired) electrons. The Morgan fingerprint density at radius 1 is 1.33 bits per heavy atom. The molecule has 1 aromatic carbocycles. The van der Waals surface area contributed by atoms with Gasteiger partial charge in [-0.3, -0.25) is 5.10 Å². The molecule has 4 nitrogen and oxygen atoms in total. The molecule has 1 atom stereocenters. The van der Waals surface area contributed by atoms with E-state index in [1.165, 1.54) is 18.5 Å². The molecule has 2 rings (SSSR count). The van der Waals surface area contributed by atoms with Crippen LogP contribution in [-0.4, -0.2) is 21.7 Å². The molecule has 0 fully saturated rings. The molecule has 0 aliphatic rings. The van der Waals surface area contributed by atoms with Crippen LogP contribution in [0.25, 0.3) is 0 Å². The van der Waals surface area contributed by atoms with Gasteiger partial charge in [0.15, 0.2) is 0 Å². The number of halogens is 2. The van der Waals surface area contributed by atoms with Crippen molar-refractivity contribution in [3.8, 4) is 0 Å². The van der Waals surface area contributed by atoms with Gasteiger partial charge in [0.25, 0.3) is 0 Å². The maximum absolute atomic E-state index is 12.8. The first-order valence-electron chi connectivity index (χ1n) is 5.62. The molecular formula is C12H16ClFN4. The van der Waals surface area contributed by atoms with Crippen molar-refractivity contribution >= 4 is 12.4 Å². The molecule has 18 heavy (non-hydrogen) atoms. The molecule has 1 aromatic heterocycles. The van der Waals surface area contributed by atoms with Crippen molar-refractivity contribution in [3.63, 3.8) is 0 Å². The Labute approximate surface area is 111 Å². The van der Waals surface area contributed by atoms with Crippen molar-refractivity contribution in [2.24, 2.45) is 0 Å².